The predicted octanol–water partition coefficient (Wildman–Crippen LogP) is 3.22. The third-order valence-electron chi connectivity index (χ3n) is 3.18. The highest BCUT2D eigenvalue weighted by atomic mass is 35.5. The van der Waals surface area contributed by atoms with Gasteiger partial charge in [0.25, 0.3) is 0 Å². The number of nitrogens with two attached hydrogens (primary N) is 1. The molecule has 94 valence electrons. The average molecular weight is 264 g/mol. The molecule has 2 heterocycles. The van der Waals surface area contributed by atoms with Crippen molar-refractivity contribution in [2.24, 2.45) is 5.73 Å². The Bertz CT molecular complexity index is 591. The Hall–Kier alpha value is -1.45. The molecule has 0 spiro atoms. The number of hydrogen-bond acceptors (Lipinski definition) is 3. The highest BCUT2D eigenvalue weighted by Crippen LogP contribution is 2.37. The van der Waals surface area contributed by atoms with Gasteiger partial charge in [-0.25, -0.2) is 0 Å². The zero-order valence-corrected chi connectivity index (χ0v) is 10.8. The number of aryl methyl sites for hydroxylation is 1. The van der Waals surface area contributed by atoms with Crippen molar-refractivity contribution in [3.05, 3.63) is 51.9 Å². The quantitative estimate of drug-likeness (QED) is 0.905. The molecule has 2 aromatic rings. The Morgan fingerprint density at radius 3 is 2.89 bits per heavy atom. The summed E-state index contributed by atoms with van der Waals surface area (Å²) in [6.45, 7) is 2.59. The number of rotatable bonds is 2. The van der Waals surface area contributed by atoms with Gasteiger partial charge in [-0.3, -0.25) is 0 Å². The van der Waals surface area contributed by atoms with Crippen molar-refractivity contribution in [2.75, 3.05) is 6.61 Å². The van der Waals surface area contributed by atoms with E-state index in [0.717, 1.165) is 34.8 Å². The Labute approximate surface area is 110 Å². The lowest BCUT2D eigenvalue weighted by molar-refractivity contribution is 0.350. The molecule has 0 fully saturated rings. The molecule has 3 nitrogen and oxygen atoms in total. The molecule has 1 aliphatic heterocycles. The van der Waals surface area contributed by atoms with Crippen LogP contribution in [0.3, 0.4) is 0 Å². The summed E-state index contributed by atoms with van der Waals surface area (Å²) in [6, 6.07) is 7.24. The van der Waals surface area contributed by atoms with Crippen molar-refractivity contribution in [3.63, 3.8) is 0 Å². The zero-order valence-electron chi connectivity index (χ0n) is 10.1. The van der Waals surface area contributed by atoms with Gasteiger partial charge < -0.3 is 14.9 Å². The molecular formula is C14H14ClNO2. The second kappa shape index (κ2) is 4.34. The summed E-state index contributed by atoms with van der Waals surface area (Å²) in [5, 5.41) is 0.688. The van der Waals surface area contributed by atoms with Crippen LogP contribution >= 0.6 is 11.6 Å². The van der Waals surface area contributed by atoms with E-state index in [4.69, 9.17) is 26.5 Å². The lowest BCUT2D eigenvalue weighted by atomic mass is 10.0. The first-order chi connectivity index (χ1) is 8.65. The molecule has 1 unspecified atom stereocenters. The maximum absolute atomic E-state index is 6.24. The molecule has 4 heteroatoms. The van der Waals surface area contributed by atoms with E-state index in [0.29, 0.717) is 11.6 Å². The van der Waals surface area contributed by atoms with Gasteiger partial charge in [-0.2, -0.15) is 0 Å². The van der Waals surface area contributed by atoms with Crippen molar-refractivity contribution in [3.8, 4) is 5.75 Å². The summed E-state index contributed by atoms with van der Waals surface area (Å²) in [6.07, 6.45) is 0.882. The SMILES string of the molecule is Cc1ccc(C(N)c2cc(Cl)cc3c2OCC3)o1. The number of fused-ring (bicyclic) bond motifs is 1. The first-order valence-corrected chi connectivity index (χ1v) is 6.30. The molecule has 0 saturated carbocycles. The van der Waals surface area contributed by atoms with E-state index in [2.05, 4.69) is 0 Å². The lowest BCUT2D eigenvalue weighted by Crippen LogP contribution is -2.12. The van der Waals surface area contributed by atoms with E-state index in [1.165, 1.54) is 0 Å². The first-order valence-electron chi connectivity index (χ1n) is 5.92. The summed E-state index contributed by atoms with van der Waals surface area (Å²) in [4.78, 5) is 0. The van der Waals surface area contributed by atoms with Crippen LogP contribution in [-0.2, 0) is 6.42 Å². The largest absolute Gasteiger partial charge is 0.493 e. The number of halogens is 1. The molecule has 1 aromatic carbocycles. The molecule has 1 aliphatic rings. The fourth-order valence-electron chi connectivity index (χ4n) is 2.30. The van der Waals surface area contributed by atoms with Crippen molar-refractivity contribution in [2.45, 2.75) is 19.4 Å². The zero-order chi connectivity index (χ0) is 12.7. The number of hydrogen-bond donors (Lipinski definition) is 1. The van der Waals surface area contributed by atoms with Crippen molar-refractivity contribution in [1.29, 1.82) is 0 Å². The van der Waals surface area contributed by atoms with Crippen LogP contribution in [0.5, 0.6) is 5.75 Å². The second-order valence-electron chi connectivity index (χ2n) is 4.51. The summed E-state index contributed by atoms with van der Waals surface area (Å²) in [5.74, 6) is 2.44. The van der Waals surface area contributed by atoms with Gasteiger partial charge in [0.2, 0.25) is 0 Å². The minimum absolute atomic E-state index is 0.343. The molecular weight excluding hydrogens is 250 g/mol. The Morgan fingerprint density at radius 1 is 1.33 bits per heavy atom. The van der Waals surface area contributed by atoms with Gasteiger partial charge in [0, 0.05) is 17.0 Å². The molecule has 0 saturated heterocycles. The van der Waals surface area contributed by atoms with Crippen LogP contribution in [0.15, 0.2) is 28.7 Å². The molecule has 0 bridgehead atoms. The summed E-state index contributed by atoms with van der Waals surface area (Å²) >= 11 is 6.12. The monoisotopic (exact) mass is 263 g/mol. The van der Waals surface area contributed by atoms with E-state index in [9.17, 15) is 0 Å². The number of ether oxygens (including phenoxy) is 1. The smallest absolute Gasteiger partial charge is 0.127 e. The molecule has 0 radical (unpaired) electrons. The second-order valence-corrected chi connectivity index (χ2v) is 4.94. The fraction of sp³-hybridized carbons (Fsp3) is 0.286. The summed E-state index contributed by atoms with van der Waals surface area (Å²) in [7, 11) is 0. The highest BCUT2D eigenvalue weighted by molar-refractivity contribution is 6.30. The van der Waals surface area contributed by atoms with Gasteiger partial charge in [-0.1, -0.05) is 11.6 Å². The molecule has 0 amide bonds. The number of furan rings is 1. The molecule has 18 heavy (non-hydrogen) atoms. The predicted molar refractivity (Wildman–Crippen MR) is 70.1 cm³/mol. The van der Waals surface area contributed by atoms with Gasteiger partial charge in [0.15, 0.2) is 0 Å². The van der Waals surface area contributed by atoms with Crippen molar-refractivity contribution < 1.29 is 9.15 Å². The van der Waals surface area contributed by atoms with Crippen molar-refractivity contribution in [1.82, 2.24) is 0 Å². The van der Waals surface area contributed by atoms with Crippen LogP contribution in [-0.4, -0.2) is 6.61 Å². The Morgan fingerprint density at radius 2 is 2.17 bits per heavy atom. The van der Waals surface area contributed by atoms with Crippen LogP contribution in [0.2, 0.25) is 5.02 Å². The molecule has 1 aromatic heterocycles. The average Bonchev–Trinajstić information content (AvgIpc) is 2.95. The van der Waals surface area contributed by atoms with E-state index in [1.807, 2.05) is 31.2 Å². The van der Waals surface area contributed by atoms with E-state index >= 15 is 0 Å². The van der Waals surface area contributed by atoms with Gasteiger partial charge in [-0.05, 0) is 36.8 Å². The van der Waals surface area contributed by atoms with Gasteiger partial charge in [0.1, 0.15) is 17.3 Å². The van der Waals surface area contributed by atoms with Gasteiger partial charge in [0.05, 0.1) is 12.6 Å². The summed E-state index contributed by atoms with van der Waals surface area (Å²) < 4.78 is 11.2. The third kappa shape index (κ3) is 1.89. The standard InChI is InChI=1S/C14H14ClNO2/c1-8-2-3-12(18-8)13(16)11-7-10(15)6-9-4-5-17-14(9)11/h2-3,6-7,13H,4-5,16H2,1H3. The first kappa shape index (κ1) is 11.6. The maximum atomic E-state index is 6.24. The fourth-order valence-corrected chi connectivity index (χ4v) is 2.55. The van der Waals surface area contributed by atoms with Crippen LogP contribution in [0.25, 0.3) is 0 Å². The number of benzene rings is 1. The lowest BCUT2D eigenvalue weighted by Gasteiger charge is -2.14. The minimum atomic E-state index is -0.343. The summed E-state index contributed by atoms with van der Waals surface area (Å²) in [5.41, 5.74) is 8.25. The molecule has 1 atom stereocenters. The van der Waals surface area contributed by atoms with Crippen LogP contribution in [0.4, 0.5) is 0 Å². The normalized spacial score (nSPS) is 15.3. The topological polar surface area (TPSA) is 48.4 Å². The Kier molecular flexibility index (Phi) is 2.80. The van der Waals surface area contributed by atoms with E-state index in [-0.39, 0.29) is 6.04 Å². The van der Waals surface area contributed by atoms with Crippen LogP contribution in [0, 0.1) is 6.92 Å². The van der Waals surface area contributed by atoms with Crippen LogP contribution < -0.4 is 10.5 Å². The van der Waals surface area contributed by atoms with Gasteiger partial charge in [-0.15, -0.1) is 0 Å². The maximum Gasteiger partial charge on any atom is 0.127 e. The highest BCUT2D eigenvalue weighted by Gasteiger charge is 2.23. The van der Waals surface area contributed by atoms with Gasteiger partial charge >= 0.3 is 0 Å². The third-order valence-corrected chi connectivity index (χ3v) is 3.40. The Balaban J connectivity index is 2.06. The molecule has 0 aliphatic carbocycles. The van der Waals surface area contributed by atoms with E-state index < -0.39 is 0 Å². The molecule has 2 N–H and O–H groups in total. The molecule has 3 rings (SSSR count). The van der Waals surface area contributed by atoms with Crippen molar-refractivity contribution >= 4 is 11.6 Å². The van der Waals surface area contributed by atoms with Crippen LogP contribution in [0.1, 0.15) is 28.7 Å². The van der Waals surface area contributed by atoms with E-state index in [1.54, 1.807) is 0 Å². The minimum Gasteiger partial charge on any atom is -0.493 e.